The standard InChI is InChI=1S/C12H10Cl2N2O2/c1-6(2)10-11(15)16(12(17)18-10)9-4-3-7(13)5-8(9)14/h3-5,15H,1-2H3. The number of anilines is 1. The van der Waals surface area contributed by atoms with E-state index in [0.717, 1.165) is 10.5 Å². The van der Waals surface area contributed by atoms with E-state index in [1.807, 2.05) is 0 Å². The number of benzene rings is 1. The highest BCUT2D eigenvalue weighted by Gasteiger charge is 2.36. The van der Waals surface area contributed by atoms with Crippen LogP contribution < -0.4 is 4.90 Å². The van der Waals surface area contributed by atoms with Crippen LogP contribution in [0.25, 0.3) is 0 Å². The quantitative estimate of drug-likeness (QED) is 0.839. The Morgan fingerprint density at radius 1 is 1.33 bits per heavy atom. The summed E-state index contributed by atoms with van der Waals surface area (Å²) in [6.45, 7) is 3.54. The number of carbonyl (C=O) groups excluding carboxylic acids is 1. The molecule has 0 radical (unpaired) electrons. The molecule has 0 aliphatic carbocycles. The predicted molar refractivity (Wildman–Crippen MR) is 71.5 cm³/mol. The van der Waals surface area contributed by atoms with E-state index in [1.165, 1.54) is 6.07 Å². The summed E-state index contributed by atoms with van der Waals surface area (Å²) >= 11 is 11.8. The van der Waals surface area contributed by atoms with Gasteiger partial charge in [-0.25, -0.2) is 9.69 Å². The van der Waals surface area contributed by atoms with Crippen LogP contribution in [-0.4, -0.2) is 11.9 Å². The van der Waals surface area contributed by atoms with Crippen molar-refractivity contribution in [3.63, 3.8) is 0 Å². The Morgan fingerprint density at radius 3 is 2.50 bits per heavy atom. The Hall–Kier alpha value is -1.52. The average Bonchev–Trinajstić information content (AvgIpc) is 2.56. The second-order valence-corrected chi connectivity index (χ2v) is 4.82. The van der Waals surface area contributed by atoms with Gasteiger partial charge in [-0.3, -0.25) is 5.41 Å². The van der Waals surface area contributed by atoms with Gasteiger partial charge in [0.1, 0.15) is 0 Å². The van der Waals surface area contributed by atoms with Gasteiger partial charge < -0.3 is 4.74 Å². The molecular weight excluding hydrogens is 275 g/mol. The first-order chi connectivity index (χ1) is 8.41. The number of amidine groups is 1. The normalized spacial score (nSPS) is 15.1. The van der Waals surface area contributed by atoms with Crippen LogP contribution in [0.2, 0.25) is 10.0 Å². The van der Waals surface area contributed by atoms with Gasteiger partial charge in [0.15, 0.2) is 11.6 Å². The number of allylic oxidation sites excluding steroid dienone is 1. The fraction of sp³-hybridized carbons (Fsp3) is 0.167. The van der Waals surface area contributed by atoms with Crippen LogP contribution in [0.4, 0.5) is 10.5 Å². The molecule has 1 aliphatic heterocycles. The van der Waals surface area contributed by atoms with Gasteiger partial charge in [0.2, 0.25) is 0 Å². The third-order valence-corrected chi connectivity index (χ3v) is 2.95. The van der Waals surface area contributed by atoms with E-state index in [9.17, 15) is 4.79 Å². The molecule has 1 fully saturated rings. The number of nitrogens with one attached hydrogen (secondary N) is 1. The summed E-state index contributed by atoms with van der Waals surface area (Å²) < 4.78 is 5.04. The predicted octanol–water partition coefficient (Wildman–Crippen LogP) is 4.22. The van der Waals surface area contributed by atoms with Gasteiger partial charge in [0.05, 0.1) is 10.7 Å². The van der Waals surface area contributed by atoms with Crippen LogP contribution in [0.15, 0.2) is 29.5 Å². The van der Waals surface area contributed by atoms with E-state index in [-0.39, 0.29) is 11.6 Å². The van der Waals surface area contributed by atoms with Crippen LogP contribution in [0, 0.1) is 5.41 Å². The highest BCUT2D eigenvalue weighted by Crippen LogP contribution is 2.33. The van der Waals surface area contributed by atoms with Crippen molar-refractivity contribution in [3.05, 3.63) is 39.6 Å². The number of nitrogens with zero attached hydrogens (tertiary/aromatic N) is 1. The third kappa shape index (κ3) is 2.09. The number of rotatable bonds is 1. The van der Waals surface area contributed by atoms with E-state index in [4.69, 9.17) is 33.3 Å². The summed E-state index contributed by atoms with van der Waals surface area (Å²) in [4.78, 5) is 12.9. The smallest absolute Gasteiger partial charge is 0.406 e. The van der Waals surface area contributed by atoms with Crippen molar-refractivity contribution in [2.75, 3.05) is 4.90 Å². The van der Waals surface area contributed by atoms with Gasteiger partial charge in [-0.15, -0.1) is 0 Å². The average molecular weight is 285 g/mol. The molecule has 0 aromatic heterocycles. The summed E-state index contributed by atoms with van der Waals surface area (Å²) in [5.74, 6) is 0.232. The lowest BCUT2D eigenvalue weighted by molar-refractivity contribution is 0.198. The van der Waals surface area contributed by atoms with Crippen LogP contribution in [-0.2, 0) is 4.74 Å². The summed E-state index contributed by atoms with van der Waals surface area (Å²) in [7, 11) is 0. The number of amides is 1. The Balaban J connectivity index is 2.49. The fourth-order valence-corrected chi connectivity index (χ4v) is 2.09. The van der Waals surface area contributed by atoms with E-state index >= 15 is 0 Å². The summed E-state index contributed by atoms with van der Waals surface area (Å²) in [6.07, 6.45) is -0.638. The minimum atomic E-state index is -0.638. The van der Waals surface area contributed by atoms with Crippen LogP contribution in [0.5, 0.6) is 0 Å². The molecule has 1 aromatic rings. The van der Waals surface area contributed by atoms with Crippen molar-refractivity contribution in [2.24, 2.45) is 0 Å². The van der Waals surface area contributed by atoms with E-state index in [0.29, 0.717) is 15.7 Å². The maximum absolute atomic E-state index is 11.8. The maximum atomic E-state index is 11.8. The van der Waals surface area contributed by atoms with Crippen molar-refractivity contribution >= 4 is 40.8 Å². The molecule has 1 aromatic carbocycles. The van der Waals surface area contributed by atoms with Gasteiger partial charge in [0, 0.05) is 5.02 Å². The minimum absolute atomic E-state index is 0.0239. The lowest BCUT2D eigenvalue weighted by atomic mass is 10.2. The Kier molecular flexibility index (Phi) is 3.32. The highest BCUT2D eigenvalue weighted by atomic mass is 35.5. The van der Waals surface area contributed by atoms with Crippen LogP contribution in [0.1, 0.15) is 13.8 Å². The van der Waals surface area contributed by atoms with Crippen LogP contribution in [0.3, 0.4) is 0 Å². The third-order valence-electron chi connectivity index (χ3n) is 2.42. The van der Waals surface area contributed by atoms with E-state index in [2.05, 4.69) is 0 Å². The SMILES string of the molecule is CC(C)=C1OC(=O)N(c2ccc(Cl)cc2Cl)C1=N. The van der Waals surface area contributed by atoms with Crippen molar-refractivity contribution in [1.29, 1.82) is 5.41 Å². The molecule has 0 bridgehead atoms. The second kappa shape index (κ2) is 4.63. The molecule has 1 amide bonds. The summed E-state index contributed by atoms with van der Waals surface area (Å²) in [6, 6.07) is 4.69. The molecule has 1 N–H and O–H groups in total. The van der Waals surface area contributed by atoms with Crippen molar-refractivity contribution in [2.45, 2.75) is 13.8 Å². The molecule has 0 spiro atoms. The molecule has 1 aliphatic rings. The molecule has 18 heavy (non-hydrogen) atoms. The fourth-order valence-electron chi connectivity index (χ4n) is 1.59. The van der Waals surface area contributed by atoms with Crippen molar-refractivity contribution < 1.29 is 9.53 Å². The summed E-state index contributed by atoms with van der Waals surface area (Å²) in [5, 5.41) is 8.70. The zero-order chi connectivity index (χ0) is 13.4. The molecule has 0 saturated carbocycles. The minimum Gasteiger partial charge on any atom is -0.406 e. The first-order valence-corrected chi connectivity index (χ1v) is 5.91. The number of ether oxygens (including phenoxy) is 1. The van der Waals surface area contributed by atoms with Gasteiger partial charge in [-0.05, 0) is 37.6 Å². The maximum Gasteiger partial charge on any atom is 0.425 e. The molecule has 6 heteroatoms. The molecular formula is C12H10Cl2N2O2. The van der Waals surface area contributed by atoms with Gasteiger partial charge in [0.25, 0.3) is 0 Å². The number of cyclic esters (lactones) is 1. The molecule has 2 rings (SSSR count). The lowest BCUT2D eigenvalue weighted by Gasteiger charge is -2.14. The monoisotopic (exact) mass is 284 g/mol. The molecule has 1 saturated heterocycles. The molecule has 4 nitrogen and oxygen atoms in total. The number of hydrogen-bond donors (Lipinski definition) is 1. The largest absolute Gasteiger partial charge is 0.425 e. The Labute approximate surface area is 114 Å². The van der Waals surface area contributed by atoms with Gasteiger partial charge in [-0.1, -0.05) is 23.2 Å². The van der Waals surface area contributed by atoms with Gasteiger partial charge in [-0.2, -0.15) is 0 Å². The first-order valence-electron chi connectivity index (χ1n) is 5.15. The lowest BCUT2D eigenvalue weighted by Crippen LogP contribution is -2.28. The number of carbonyl (C=O) groups is 1. The zero-order valence-electron chi connectivity index (χ0n) is 9.75. The second-order valence-electron chi connectivity index (χ2n) is 3.98. The first kappa shape index (κ1) is 12.9. The van der Waals surface area contributed by atoms with Crippen molar-refractivity contribution in [3.8, 4) is 0 Å². The summed E-state index contributed by atoms with van der Waals surface area (Å²) in [5.41, 5.74) is 1.13. The van der Waals surface area contributed by atoms with E-state index < -0.39 is 6.09 Å². The van der Waals surface area contributed by atoms with Gasteiger partial charge >= 0.3 is 6.09 Å². The topological polar surface area (TPSA) is 53.4 Å². The molecule has 1 heterocycles. The molecule has 0 atom stereocenters. The Bertz CT molecular complexity index is 577. The van der Waals surface area contributed by atoms with Crippen LogP contribution >= 0.6 is 23.2 Å². The Morgan fingerprint density at radius 2 is 2.00 bits per heavy atom. The van der Waals surface area contributed by atoms with Crippen molar-refractivity contribution in [1.82, 2.24) is 0 Å². The highest BCUT2D eigenvalue weighted by molar-refractivity contribution is 6.38. The molecule has 0 unspecified atom stereocenters. The zero-order valence-corrected chi connectivity index (χ0v) is 11.3. The molecule has 94 valence electrons. The number of halogens is 2. The number of hydrogen-bond acceptors (Lipinski definition) is 3. The van der Waals surface area contributed by atoms with E-state index in [1.54, 1.807) is 26.0 Å².